The first-order valence-corrected chi connectivity index (χ1v) is 12.3. The summed E-state index contributed by atoms with van der Waals surface area (Å²) in [5.41, 5.74) is 2.20. The number of aromatic nitrogens is 1. The molecule has 0 atom stereocenters. The monoisotopic (exact) mass is 520 g/mol. The molecule has 160 valence electrons. The van der Waals surface area contributed by atoms with Crippen LogP contribution in [0.2, 0.25) is 0 Å². The summed E-state index contributed by atoms with van der Waals surface area (Å²) in [7, 11) is -2.13. The number of anilines is 2. The van der Waals surface area contributed by atoms with Crippen molar-refractivity contribution in [3.8, 4) is 11.8 Å². The Labute approximate surface area is 192 Å². The van der Waals surface area contributed by atoms with E-state index in [4.69, 9.17) is 10.00 Å². The first-order valence-electron chi connectivity index (χ1n) is 8.79. The van der Waals surface area contributed by atoms with E-state index in [-0.39, 0.29) is 5.69 Å². The Kier molecular flexibility index (Phi) is 6.94. The van der Waals surface area contributed by atoms with Crippen molar-refractivity contribution in [1.82, 2.24) is 9.71 Å². The predicted octanol–water partition coefficient (Wildman–Crippen LogP) is 3.81. The zero-order valence-corrected chi connectivity index (χ0v) is 19.7. The average Bonchev–Trinajstić information content (AvgIpc) is 3.13. The lowest BCUT2D eigenvalue weighted by atomic mass is 10.1. The molecule has 8 nitrogen and oxygen atoms in total. The van der Waals surface area contributed by atoms with E-state index in [2.05, 4.69) is 27.0 Å². The van der Waals surface area contributed by atoms with Crippen LogP contribution in [0, 0.1) is 11.3 Å². The highest BCUT2D eigenvalue weighted by Gasteiger charge is 2.23. The van der Waals surface area contributed by atoms with E-state index >= 15 is 0 Å². The topological polar surface area (TPSA) is 112 Å². The van der Waals surface area contributed by atoms with Gasteiger partial charge in [-0.05, 0) is 57.9 Å². The molecule has 0 saturated heterocycles. The van der Waals surface area contributed by atoms with Crippen LogP contribution in [0.1, 0.15) is 21.6 Å². The third-order valence-corrected chi connectivity index (χ3v) is 6.39. The number of hydrogen-bond acceptors (Lipinski definition) is 8. The summed E-state index contributed by atoms with van der Waals surface area (Å²) in [5.74, 6) is -0.0912. The summed E-state index contributed by atoms with van der Waals surface area (Å²) < 4.78 is 30.4. The van der Waals surface area contributed by atoms with Crippen molar-refractivity contribution in [2.24, 2.45) is 0 Å². The van der Waals surface area contributed by atoms with E-state index in [0.29, 0.717) is 21.0 Å². The van der Waals surface area contributed by atoms with Crippen LogP contribution >= 0.6 is 27.3 Å². The van der Waals surface area contributed by atoms with Gasteiger partial charge in [-0.15, -0.1) is 0 Å². The Balaban J connectivity index is 2.00. The summed E-state index contributed by atoms with van der Waals surface area (Å²) in [5, 5.41) is 9.55. The van der Waals surface area contributed by atoms with Crippen LogP contribution in [0.15, 0.2) is 52.3 Å². The second-order valence-corrected chi connectivity index (χ2v) is 10.5. The van der Waals surface area contributed by atoms with Gasteiger partial charge in [0.05, 0.1) is 31.5 Å². The summed E-state index contributed by atoms with van der Waals surface area (Å²) >= 11 is 4.50. The van der Waals surface area contributed by atoms with Crippen LogP contribution in [0.3, 0.4) is 0 Å². The second kappa shape index (κ2) is 9.47. The molecule has 2 aromatic carbocycles. The number of amides is 1. The van der Waals surface area contributed by atoms with Gasteiger partial charge in [0, 0.05) is 5.69 Å². The molecular formula is C20H17BrN4O4S2. The van der Waals surface area contributed by atoms with Crippen LogP contribution in [-0.4, -0.2) is 32.7 Å². The van der Waals surface area contributed by atoms with E-state index in [1.807, 2.05) is 33.9 Å². The predicted molar refractivity (Wildman–Crippen MR) is 122 cm³/mol. The molecule has 0 aliphatic carbocycles. The van der Waals surface area contributed by atoms with Crippen LogP contribution in [0.5, 0.6) is 5.75 Å². The quantitative estimate of drug-likeness (QED) is 0.503. The van der Waals surface area contributed by atoms with Crippen molar-refractivity contribution in [3.63, 3.8) is 0 Å². The molecule has 3 aromatic rings. The molecule has 0 radical (unpaired) electrons. The van der Waals surface area contributed by atoms with Gasteiger partial charge in [-0.3, -0.25) is 4.79 Å². The lowest BCUT2D eigenvalue weighted by Gasteiger charge is -2.22. The highest BCUT2D eigenvalue weighted by molar-refractivity contribution is 9.11. The van der Waals surface area contributed by atoms with Gasteiger partial charge in [0.2, 0.25) is 10.0 Å². The molecule has 1 aromatic heterocycles. The van der Waals surface area contributed by atoms with Crippen molar-refractivity contribution < 1.29 is 17.9 Å². The zero-order valence-electron chi connectivity index (χ0n) is 16.5. The highest BCUT2D eigenvalue weighted by atomic mass is 79.9. The van der Waals surface area contributed by atoms with Gasteiger partial charge in [-0.2, -0.15) is 5.26 Å². The smallest absolute Gasteiger partial charge is 0.285 e. The number of ether oxygens (including phenoxy) is 1. The van der Waals surface area contributed by atoms with Crippen LogP contribution < -0.4 is 14.4 Å². The maximum absolute atomic E-state index is 12.3. The molecule has 0 unspecified atom stereocenters. The van der Waals surface area contributed by atoms with Crippen LogP contribution in [0.25, 0.3) is 0 Å². The zero-order chi connectivity index (χ0) is 22.6. The first-order chi connectivity index (χ1) is 14.7. The van der Waals surface area contributed by atoms with Gasteiger partial charge in [0.15, 0.2) is 10.8 Å². The van der Waals surface area contributed by atoms with Crippen molar-refractivity contribution in [3.05, 3.63) is 69.1 Å². The summed E-state index contributed by atoms with van der Waals surface area (Å²) in [6.07, 6.45) is 0.902. The molecule has 0 aliphatic heterocycles. The van der Waals surface area contributed by atoms with E-state index in [1.165, 1.54) is 11.3 Å². The fourth-order valence-electron chi connectivity index (χ4n) is 2.66. The minimum absolute atomic E-state index is 0.0289. The second-order valence-electron chi connectivity index (χ2n) is 6.42. The van der Waals surface area contributed by atoms with Crippen molar-refractivity contribution in [1.29, 1.82) is 5.26 Å². The molecule has 31 heavy (non-hydrogen) atoms. The van der Waals surface area contributed by atoms with E-state index < -0.39 is 15.9 Å². The van der Waals surface area contributed by atoms with Gasteiger partial charge in [0.1, 0.15) is 9.54 Å². The molecular weight excluding hydrogens is 504 g/mol. The molecule has 1 N–H and O–H groups in total. The summed E-state index contributed by atoms with van der Waals surface area (Å²) in [6.45, 7) is 0.420. The molecule has 3 rings (SSSR count). The van der Waals surface area contributed by atoms with Gasteiger partial charge < -0.3 is 9.64 Å². The molecule has 1 heterocycles. The number of nitriles is 1. The van der Waals surface area contributed by atoms with Crippen molar-refractivity contribution in [2.75, 3.05) is 18.3 Å². The lowest BCUT2D eigenvalue weighted by Crippen LogP contribution is -2.30. The Hall–Kier alpha value is -2.94. The molecule has 0 aliphatic rings. The standard InChI is InChI=1S/C20H17BrN4O4S2/c1-29-16-9-5-14(6-10-16)12-25(15-7-3-13(11-22)4-8-15)20-23-17(18(21)30-20)19(26)24-31(2,27)28/h3-10H,12H2,1-2H3,(H,24,26). The van der Waals surface area contributed by atoms with Gasteiger partial charge in [-0.25, -0.2) is 18.1 Å². The van der Waals surface area contributed by atoms with Gasteiger partial charge in [0.25, 0.3) is 5.91 Å². The highest BCUT2D eigenvalue weighted by Crippen LogP contribution is 2.36. The number of methoxy groups -OCH3 is 1. The number of halogens is 1. The third kappa shape index (κ3) is 5.81. The minimum Gasteiger partial charge on any atom is -0.497 e. The molecule has 0 saturated carbocycles. The fraction of sp³-hybridized carbons (Fsp3) is 0.150. The Morgan fingerprint density at radius 3 is 2.42 bits per heavy atom. The minimum atomic E-state index is -3.73. The number of carbonyl (C=O) groups excluding carboxylic acids is 1. The van der Waals surface area contributed by atoms with E-state index in [9.17, 15) is 13.2 Å². The first kappa shape index (κ1) is 22.7. The Bertz CT molecular complexity index is 1230. The fourth-order valence-corrected chi connectivity index (χ4v) is 4.61. The number of nitrogens with one attached hydrogen (secondary N) is 1. The number of sulfonamides is 1. The maximum atomic E-state index is 12.3. The molecule has 0 bridgehead atoms. The van der Waals surface area contributed by atoms with Gasteiger partial charge >= 0.3 is 0 Å². The maximum Gasteiger partial charge on any atom is 0.285 e. The molecule has 0 spiro atoms. The number of carbonyl (C=O) groups is 1. The number of rotatable bonds is 7. The number of nitrogens with zero attached hydrogens (tertiary/aromatic N) is 3. The number of hydrogen-bond donors (Lipinski definition) is 1. The largest absolute Gasteiger partial charge is 0.497 e. The summed E-state index contributed by atoms with van der Waals surface area (Å²) in [4.78, 5) is 18.6. The average molecular weight is 521 g/mol. The molecule has 11 heteroatoms. The third-order valence-electron chi connectivity index (χ3n) is 4.11. The summed E-state index contributed by atoms with van der Waals surface area (Å²) in [6, 6.07) is 16.5. The lowest BCUT2D eigenvalue weighted by molar-refractivity contribution is 0.0977. The van der Waals surface area contributed by atoms with Crippen molar-refractivity contribution in [2.45, 2.75) is 6.54 Å². The van der Waals surface area contributed by atoms with E-state index in [1.54, 1.807) is 31.4 Å². The normalized spacial score (nSPS) is 10.9. The Morgan fingerprint density at radius 2 is 1.87 bits per heavy atom. The number of benzene rings is 2. The molecule has 1 amide bonds. The Morgan fingerprint density at radius 1 is 1.23 bits per heavy atom. The van der Waals surface area contributed by atoms with Crippen LogP contribution in [0.4, 0.5) is 10.8 Å². The van der Waals surface area contributed by atoms with E-state index in [0.717, 1.165) is 23.3 Å². The SMILES string of the molecule is COc1ccc(CN(c2ccc(C#N)cc2)c2nc(C(=O)NS(C)(=O)=O)c(Br)s2)cc1. The number of thiazole rings is 1. The van der Waals surface area contributed by atoms with Crippen molar-refractivity contribution >= 4 is 54.0 Å². The van der Waals surface area contributed by atoms with Gasteiger partial charge in [-0.1, -0.05) is 23.5 Å². The van der Waals surface area contributed by atoms with Crippen LogP contribution in [-0.2, 0) is 16.6 Å². The molecule has 0 fully saturated rings.